The van der Waals surface area contributed by atoms with Crippen molar-refractivity contribution >= 4 is 11.8 Å². The van der Waals surface area contributed by atoms with Gasteiger partial charge in [-0.3, -0.25) is 4.90 Å². The number of carbonyl (C=O) groups is 1. The molecular formula is C22H26F3N3O3. The number of anilines is 1. The molecule has 1 N–H and O–H groups in total. The summed E-state index contributed by atoms with van der Waals surface area (Å²) in [5, 5.41) is 2.38. The highest BCUT2D eigenvalue weighted by Gasteiger charge is 2.35. The van der Waals surface area contributed by atoms with Crippen LogP contribution in [0.1, 0.15) is 24.1 Å². The molecular weight excluding hydrogens is 411 g/mol. The van der Waals surface area contributed by atoms with Crippen LogP contribution >= 0.6 is 0 Å². The average molecular weight is 437 g/mol. The third-order valence-corrected chi connectivity index (χ3v) is 5.49. The second-order valence-corrected chi connectivity index (χ2v) is 7.26. The van der Waals surface area contributed by atoms with E-state index in [0.29, 0.717) is 37.7 Å². The van der Waals surface area contributed by atoms with Gasteiger partial charge in [0.1, 0.15) is 0 Å². The van der Waals surface area contributed by atoms with Crippen molar-refractivity contribution in [3.05, 3.63) is 53.6 Å². The van der Waals surface area contributed by atoms with Crippen molar-refractivity contribution in [2.75, 3.05) is 45.2 Å². The molecule has 0 spiro atoms. The fraction of sp³-hybridized carbons (Fsp3) is 0.409. The molecule has 2 aromatic rings. The lowest BCUT2D eigenvalue weighted by Gasteiger charge is -2.40. The third-order valence-electron chi connectivity index (χ3n) is 5.49. The van der Waals surface area contributed by atoms with E-state index in [1.165, 1.54) is 26.3 Å². The van der Waals surface area contributed by atoms with Gasteiger partial charge in [-0.2, -0.15) is 13.2 Å². The molecule has 1 atom stereocenters. The van der Waals surface area contributed by atoms with Crippen molar-refractivity contribution in [3.8, 4) is 11.5 Å². The molecule has 31 heavy (non-hydrogen) atoms. The lowest BCUT2D eigenvalue weighted by atomic mass is 10.0. The summed E-state index contributed by atoms with van der Waals surface area (Å²) in [6, 6.07) is 11.1. The zero-order chi connectivity index (χ0) is 22.6. The van der Waals surface area contributed by atoms with E-state index in [9.17, 15) is 18.0 Å². The fourth-order valence-electron chi connectivity index (χ4n) is 3.73. The van der Waals surface area contributed by atoms with E-state index in [0.717, 1.165) is 11.6 Å². The van der Waals surface area contributed by atoms with Gasteiger partial charge in [0.05, 0.1) is 12.7 Å². The summed E-state index contributed by atoms with van der Waals surface area (Å²) in [7, 11) is 2.97. The Morgan fingerprint density at radius 2 is 1.74 bits per heavy atom. The Bertz CT molecular complexity index is 912. The summed E-state index contributed by atoms with van der Waals surface area (Å²) in [5.41, 5.74) is 0.581. The van der Waals surface area contributed by atoms with E-state index in [1.54, 1.807) is 17.0 Å². The topological polar surface area (TPSA) is 54.0 Å². The number of amides is 1. The van der Waals surface area contributed by atoms with E-state index in [2.05, 4.69) is 10.2 Å². The number of halogens is 3. The van der Waals surface area contributed by atoms with Gasteiger partial charge in [0, 0.05) is 45.0 Å². The number of piperazine rings is 1. The third kappa shape index (κ3) is 5.22. The first-order chi connectivity index (χ1) is 14.7. The van der Waals surface area contributed by atoms with Crippen molar-refractivity contribution in [2.45, 2.75) is 19.1 Å². The summed E-state index contributed by atoms with van der Waals surface area (Å²) >= 11 is 0. The maximum Gasteiger partial charge on any atom is 0.418 e. The largest absolute Gasteiger partial charge is 0.493 e. The number of methoxy groups -OCH3 is 1. The summed E-state index contributed by atoms with van der Waals surface area (Å²) in [4.78, 5) is 15.5. The number of nitrogens with one attached hydrogen (secondary N) is 1. The zero-order valence-corrected chi connectivity index (χ0v) is 17.7. The van der Waals surface area contributed by atoms with Crippen molar-refractivity contribution in [1.29, 1.82) is 0 Å². The maximum atomic E-state index is 13.4. The first kappa shape index (κ1) is 22.7. The lowest BCUT2D eigenvalue weighted by molar-refractivity contribution is -0.137. The van der Waals surface area contributed by atoms with Crippen molar-refractivity contribution in [3.63, 3.8) is 0 Å². The molecule has 1 saturated heterocycles. The number of hydrogen-bond acceptors (Lipinski definition) is 5. The molecule has 0 aromatic heterocycles. The number of para-hydroxylation sites is 1. The van der Waals surface area contributed by atoms with E-state index < -0.39 is 17.8 Å². The standard InChI is InChI=1S/C22H26F3N3O3/c1-15(16-8-9-19(20(14-16)30-3)31-21(29)26-2)27-10-12-28(13-11-27)18-7-5-4-6-17(18)22(23,24)25/h4-9,14-15H,10-13H2,1-3H3,(H,26,29). The molecule has 1 unspecified atom stereocenters. The molecule has 9 heteroatoms. The molecule has 1 heterocycles. The first-order valence-corrected chi connectivity index (χ1v) is 9.97. The molecule has 0 radical (unpaired) electrons. The molecule has 1 aliphatic heterocycles. The number of rotatable bonds is 5. The highest BCUT2D eigenvalue weighted by molar-refractivity contribution is 5.71. The molecule has 3 rings (SSSR count). The van der Waals surface area contributed by atoms with Gasteiger partial charge in [0.15, 0.2) is 11.5 Å². The van der Waals surface area contributed by atoms with E-state index in [-0.39, 0.29) is 11.7 Å². The Morgan fingerprint density at radius 3 is 2.35 bits per heavy atom. The Morgan fingerprint density at radius 1 is 1.06 bits per heavy atom. The fourth-order valence-corrected chi connectivity index (χ4v) is 3.73. The number of ether oxygens (including phenoxy) is 2. The van der Waals surface area contributed by atoms with E-state index >= 15 is 0 Å². The van der Waals surface area contributed by atoms with Gasteiger partial charge in [-0.25, -0.2) is 4.79 Å². The monoisotopic (exact) mass is 437 g/mol. The van der Waals surface area contributed by atoms with Crippen LogP contribution in [0.3, 0.4) is 0 Å². The van der Waals surface area contributed by atoms with Crippen LogP contribution in [0.4, 0.5) is 23.7 Å². The van der Waals surface area contributed by atoms with Crippen molar-refractivity contribution in [1.82, 2.24) is 10.2 Å². The molecule has 2 aromatic carbocycles. The molecule has 168 valence electrons. The van der Waals surface area contributed by atoms with Crippen LogP contribution < -0.4 is 19.7 Å². The minimum absolute atomic E-state index is 0.0166. The summed E-state index contributed by atoms with van der Waals surface area (Å²) in [6.07, 6.45) is -4.97. The van der Waals surface area contributed by atoms with Gasteiger partial charge in [0.2, 0.25) is 0 Å². The van der Waals surface area contributed by atoms with Gasteiger partial charge < -0.3 is 19.7 Å². The minimum Gasteiger partial charge on any atom is -0.493 e. The normalized spacial score (nSPS) is 16.0. The van der Waals surface area contributed by atoms with Crippen LogP contribution in [-0.4, -0.2) is 51.3 Å². The molecule has 0 aliphatic carbocycles. The van der Waals surface area contributed by atoms with Crippen molar-refractivity contribution in [2.24, 2.45) is 0 Å². The summed E-state index contributed by atoms with van der Waals surface area (Å²) < 4.78 is 50.6. The van der Waals surface area contributed by atoms with Gasteiger partial charge in [0.25, 0.3) is 0 Å². The van der Waals surface area contributed by atoms with E-state index in [1.807, 2.05) is 19.1 Å². The van der Waals surface area contributed by atoms with Crippen LogP contribution in [0.15, 0.2) is 42.5 Å². The predicted molar refractivity (Wildman–Crippen MR) is 112 cm³/mol. The zero-order valence-electron chi connectivity index (χ0n) is 17.7. The summed E-state index contributed by atoms with van der Waals surface area (Å²) in [6.45, 7) is 4.25. The van der Waals surface area contributed by atoms with Gasteiger partial charge in [-0.1, -0.05) is 18.2 Å². The first-order valence-electron chi connectivity index (χ1n) is 9.97. The van der Waals surface area contributed by atoms with Gasteiger partial charge >= 0.3 is 12.3 Å². The number of alkyl halides is 3. The predicted octanol–water partition coefficient (Wildman–Crippen LogP) is 4.32. The van der Waals surface area contributed by atoms with Crippen LogP contribution in [0.25, 0.3) is 0 Å². The molecule has 0 bridgehead atoms. The number of nitrogens with zero attached hydrogens (tertiary/aromatic N) is 2. The number of benzene rings is 2. The lowest BCUT2D eigenvalue weighted by Crippen LogP contribution is -2.47. The Hall–Kier alpha value is -2.94. The van der Waals surface area contributed by atoms with Crippen LogP contribution in [0.5, 0.6) is 11.5 Å². The quantitative estimate of drug-likeness (QED) is 0.755. The Kier molecular flexibility index (Phi) is 6.94. The highest BCUT2D eigenvalue weighted by Crippen LogP contribution is 2.37. The Labute approximate surface area is 179 Å². The van der Waals surface area contributed by atoms with Crippen LogP contribution in [0.2, 0.25) is 0 Å². The second kappa shape index (κ2) is 9.47. The Balaban J connectivity index is 1.70. The summed E-state index contributed by atoms with van der Waals surface area (Å²) in [5.74, 6) is 0.747. The molecule has 6 nitrogen and oxygen atoms in total. The number of hydrogen-bond donors (Lipinski definition) is 1. The van der Waals surface area contributed by atoms with Crippen LogP contribution in [-0.2, 0) is 6.18 Å². The second-order valence-electron chi connectivity index (χ2n) is 7.26. The van der Waals surface area contributed by atoms with Crippen molar-refractivity contribution < 1.29 is 27.4 Å². The molecule has 1 amide bonds. The average Bonchev–Trinajstić information content (AvgIpc) is 2.78. The molecule has 1 aliphatic rings. The smallest absolute Gasteiger partial charge is 0.418 e. The van der Waals surface area contributed by atoms with Gasteiger partial charge in [-0.15, -0.1) is 0 Å². The minimum atomic E-state index is -4.38. The molecule has 0 saturated carbocycles. The number of carbonyl (C=O) groups excluding carboxylic acids is 1. The van der Waals surface area contributed by atoms with Gasteiger partial charge in [-0.05, 0) is 36.8 Å². The maximum absolute atomic E-state index is 13.4. The van der Waals surface area contributed by atoms with Crippen LogP contribution in [0, 0.1) is 0 Å². The van der Waals surface area contributed by atoms with E-state index in [4.69, 9.17) is 9.47 Å². The highest BCUT2D eigenvalue weighted by atomic mass is 19.4. The SMILES string of the molecule is CNC(=O)Oc1ccc(C(C)N2CCN(c3ccccc3C(F)(F)F)CC2)cc1OC. The molecule has 1 fully saturated rings.